The number of nitrogens with zero attached hydrogens (tertiary/aromatic N) is 2. The fourth-order valence-electron chi connectivity index (χ4n) is 10.1. The van der Waals surface area contributed by atoms with Gasteiger partial charge in [-0.1, -0.05) is 98.8 Å². The third-order valence-electron chi connectivity index (χ3n) is 12.8. The minimum atomic E-state index is -0.127. The Kier molecular flexibility index (Phi) is 5.88. The van der Waals surface area contributed by atoms with Crippen molar-refractivity contribution in [3.63, 3.8) is 0 Å². The van der Waals surface area contributed by atoms with E-state index in [1.165, 1.54) is 119 Å². The van der Waals surface area contributed by atoms with Gasteiger partial charge in [-0.3, -0.25) is 0 Å². The summed E-state index contributed by atoms with van der Waals surface area (Å²) in [5.74, 6) is 0. The first-order valence-electron chi connectivity index (χ1n) is 19.5. The highest BCUT2D eigenvalue weighted by atomic mass is 32.1. The fraction of sp³-hybridized carbons (Fsp3) is 0.0566. The van der Waals surface area contributed by atoms with E-state index in [9.17, 15) is 0 Å². The zero-order chi connectivity index (χ0) is 36.9. The monoisotopic (exact) mass is 730 g/mol. The van der Waals surface area contributed by atoms with Crippen LogP contribution in [-0.2, 0) is 5.41 Å². The summed E-state index contributed by atoms with van der Waals surface area (Å²) in [4.78, 5) is 0. The maximum atomic E-state index is 2.51. The lowest BCUT2D eigenvalue weighted by Gasteiger charge is -2.22. The lowest BCUT2D eigenvalue weighted by atomic mass is 9.81. The van der Waals surface area contributed by atoms with Crippen LogP contribution in [0.5, 0.6) is 0 Å². The van der Waals surface area contributed by atoms with Crippen LogP contribution in [-0.4, -0.2) is 9.13 Å². The molecule has 2 nitrogen and oxygen atoms in total. The van der Waals surface area contributed by atoms with Crippen LogP contribution in [0.25, 0.3) is 108 Å². The molecule has 1 aliphatic rings. The van der Waals surface area contributed by atoms with Gasteiger partial charge in [-0.05, 0) is 129 Å². The standard InChI is InChI=1S/C53H34N2S/c1-53(2)45-27-33-23-35(54-47-15-7-3-11-37(47)38-12-4-8-16-48(38)54)21-19-31(33)25-41(45)42-30-52-44(29-46(42)53)43-26-32-20-22-36(24-34(32)28-51(43)56-52)55-49-17-9-5-13-39(49)40-14-6-10-18-50(40)55/h3-30H,1-2H3. The van der Waals surface area contributed by atoms with E-state index in [1.54, 1.807) is 0 Å². The van der Waals surface area contributed by atoms with Gasteiger partial charge in [0.25, 0.3) is 0 Å². The highest BCUT2D eigenvalue weighted by molar-refractivity contribution is 7.26. The summed E-state index contributed by atoms with van der Waals surface area (Å²) in [5, 5.41) is 13.0. The van der Waals surface area contributed by atoms with Gasteiger partial charge in [0.15, 0.2) is 0 Å². The summed E-state index contributed by atoms with van der Waals surface area (Å²) in [6, 6.07) is 63.7. The van der Waals surface area contributed by atoms with Gasteiger partial charge in [0.1, 0.15) is 0 Å². The molecule has 0 saturated heterocycles. The van der Waals surface area contributed by atoms with Crippen molar-refractivity contribution in [3.8, 4) is 22.5 Å². The van der Waals surface area contributed by atoms with Crippen molar-refractivity contribution in [1.82, 2.24) is 9.13 Å². The summed E-state index contributed by atoms with van der Waals surface area (Å²) in [5.41, 5.74) is 12.8. The Morgan fingerprint density at radius 1 is 0.357 bits per heavy atom. The molecule has 0 fully saturated rings. The van der Waals surface area contributed by atoms with Crippen LogP contribution in [0.1, 0.15) is 25.0 Å². The molecule has 12 aromatic rings. The molecule has 0 radical (unpaired) electrons. The van der Waals surface area contributed by atoms with E-state index in [2.05, 4.69) is 193 Å². The second-order valence-corrected chi connectivity index (χ2v) is 17.3. The maximum Gasteiger partial charge on any atom is 0.0541 e. The third kappa shape index (κ3) is 4.00. The van der Waals surface area contributed by atoms with E-state index in [1.807, 2.05) is 11.3 Å². The predicted octanol–water partition coefficient (Wildman–Crippen LogP) is 14.9. The normalized spacial score (nSPS) is 13.7. The van der Waals surface area contributed by atoms with Crippen LogP contribution in [0.2, 0.25) is 0 Å². The first-order chi connectivity index (χ1) is 27.5. The molecule has 1 aliphatic carbocycles. The van der Waals surface area contributed by atoms with Crippen LogP contribution in [0, 0.1) is 0 Å². The Bertz CT molecular complexity index is 3580. The Morgan fingerprint density at radius 3 is 1.34 bits per heavy atom. The van der Waals surface area contributed by atoms with Crippen molar-refractivity contribution in [2.75, 3.05) is 0 Å². The van der Waals surface area contributed by atoms with Crippen molar-refractivity contribution in [1.29, 1.82) is 0 Å². The van der Waals surface area contributed by atoms with Crippen LogP contribution in [0.3, 0.4) is 0 Å². The number of para-hydroxylation sites is 4. The van der Waals surface area contributed by atoms with E-state index < -0.39 is 0 Å². The predicted molar refractivity (Wildman–Crippen MR) is 241 cm³/mol. The van der Waals surface area contributed by atoms with Crippen LogP contribution < -0.4 is 0 Å². The molecule has 3 heterocycles. The maximum absolute atomic E-state index is 2.51. The highest BCUT2D eigenvalue weighted by Gasteiger charge is 2.36. The Balaban J connectivity index is 0.950. The van der Waals surface area contributed by atoms with Crippen molar-refractivity contribution in [3.05, 3.63) is 181 Å². The summed E-state index contributed by atoms with van der Waals surface area (Å²) >= 11 is 1.92. The third-order valence-corrected chi connectivity index (χ3v) is 13.9. The minimum absolute atomic E-state index is 0.127. The molecule has 0 unspecified atom stereocenters. The van der Waals surface area contributed by atoms with Crippen molar-refractivity contribution in [2.45, 2.75) is 19.3 Å². The van der Waals surface area contributed by atoms with Crippen molar-refractivity contribution in [2.24, 2.45) is 0 Å². The summed E-state index contributed by atoms with van der Waals surface area (Å²) < 4.78 is 7.52. The highest BCUT2D eigenvalue weighted by Crippen LogP contribution is 2.53. The zero-order valence-electron chi connectivity index (χ0n) is 31.0. The average molecular weight is 731 g/mol. The average Bonchev–Trinajstić information content (AvgIpc) is 3.93. The number of fused-ring (bicyclic) bond motifs is 14. The molecule has 0 atom stereocenters. The van der Waals surface area contributed by atoms with Crippen LogP contribution >= 0.6 is 11.3 Å². The van der Waals surface area contributed by atoms with Gasteiger partial charge in [-0.2, -0.15) is 0 Å². The number of aromatic nitrogens is 2. The fourth-order valence-corrected chi connectivity index (χ4v) is 11.3. The zero-order valence-corrected chi connectivity index (χ0v) is 31.8. The molecule has 3 aromatic heterocycles. The van der Waals surface area contributed by atoms with Gasteiger partial charge in [0.05, 0.1) is 22.1 Å². The van der Waals surface area contributed by atoms with Crippen LogP contribution in [0.4, 0.5) is 0 Å². The number of hydrogen-bond acceptors (Lipinski definition) is 1. The molecule has 0 saturated carbocycles. The van der Waals surface area contributed by atoms with Gasteiger partial charge in [-0.15, -0.1) is 11.3 Å². The molecular formula is C53H34N2S. The summed E-state index contributed by atoms with van der Waals surface area (Å²) in [6.07, 6.45) is 0. The Morgan fingerprint density at radius 2 is 0.786 bits per heavy atom. The lowest BCUT2D eigenvalue weighted by molar-refractivity contribution is 0.662. The first-order valence-corrected chi connectivity index (χ1v) is 20.3. The molecule has 3 heteroatoms. The summed E-state index contributed by atoms with van der Waals surface area (Å²) in [7, 11) is 0. The number of thiophene rings is 1. The van der Waals surface area contributed by atoms with Crippen LogP contribution in [0.15, 0.2) is 170 Å². The summed E-state index contributed by atoms with van der Waals surface area (Å²) in [6.45, 7) is 4.82. The Hall–Kier alpha value is -6.68. The molecule has 0 aliphatic heterocycles. The SMILES string of the molecule is CC1(C)c2cc3cc(-n4c5ccccc5c5ccccc54)ccc3cc2-c2cc3sc4cc5cc(-n6c7ccccc7c7ccccc76)ccc5cc4c3cc21. The van der Waals surface area contributed by atoms with Crippen molar-refractivity contribution < 1.29 is 0 Å². The molecule has 0 spiro atoms. The van der Waals surface area contributed by atoms with Gasteiger partial charge in [0.2, 0.25) is 0 Å². The second-order valence-electron chi connectivity index (χ2n) is 16.2. The molecule has 0 bridgehead atoms. The largest absolute Gasteiger partial charge is 0.309 e. The van der Waals surface area contributed by atoms with E-state index in [0.717, 1.165) is 0 Å². The molecule has 262 valence electrons. The molecule has 0 amide bonds. The van der Waals surface area contributed by atoms with Crippen molar-refractivity contribution >= 4 is 96.7 Å². The van der Waals surface area contributed by atoms with E-state index in [-0.39, 0.29) is 5.41 Å². The van der Waals surface area contributed by atoms with Gasteiger partial charge in [-0.25, -0.2) is 0 Å². The molecular weight excluding hydrogens is 697 g/mol. The topological polar surface area (TPSA) is 9.86 Å². The quantitative estimate of drug-likeness (QED) is 0.168. The molecule has 13 rings (SSSR count). The number of rotatable bonds is 2. The first kappa shape index (κ1) is 30.6. The van der Waals surface area contributed by atoms with Gasteiger partial charge >= 0.3 is 0 Å². The second kappa shape index (κ2) is 10.8. The number of hydrogen-bond donors (Lipinski definition) is 0. The van der Waals surface area contributed by atoms with E-state index in [4.69, 9.17) is 0 Å². The minimum Gasteiger partial charge on any atom is -0.309 e. The molecule has 0 N–H and O–H groups in total. The number of benzene rings is 9. The molecule has 9 aromatic carbocycles. The smallest absolute Gasteiger partial charge is 0.0541 e. The van der Waals surface area contributed by atoms with E-state index >= 15 is 0 Å². The Labute approximate surface area is 327 Å². The van der Waals surface area contributed by atoms with Gasteiger partial charge in [0, 0.05) is 58.5 Å². The molecule has 56 heavy (non-hydrogen) atoms. The van der Waals surface area contributed by atoms with E-state index in [0.29, 0.717) is 0 Å². The lowest BCUT2D eigenvalue weighted by Crippen LogP contribution is -2.14. The van der Waals surface area contributed by atoms with Gasteiger partial charge < -0.3 is 9.13 Å².